The summed E-state index contributed by atoms with van der Waals surface area (Å²) in [6.45, 7) is 0. The molecule has 1 heterocycles. The number of alkyl halides is 1. The lowest BCUT2D eigenvalue weighted by atomic mass is 9.93. The Hall–Kier alpha value is -0.310. The third-order valence-corrected chi connectivity index (χ3v) is 2.86. The molecular weight excluding hydrogens is 204 g/mol. The van der Waals surface area contributed by atoms with Crippen LogP contribution in [0.1, 0.15) is 31.0 Å². The van der Waals surface area contributed by atoms with Crippen molar-refractivity contribution in [3.8, 4) is 0 Å². The first kappa shape index (κ1) is 7.35. The molecule has 0 bridgehead atoms. The normalized spacial score (nSPS) is 18.3. The van der Waals surface area contributed by atoms with Crippen molar-refractivity contribution in [2.24, 2.45) is 0 Å². The zero-order valence-corrected chi connectivity index (χ0v) is 7.92. The number of rotatable bonds is 2. The van der Waals surface area contributed by atoms with Gasteiger partial charge in [0, 0.05) is 17.6 Å². The van der Waals surface area contributed by atoms with Gasteiger partial charge >= 0.3 is 0 Å². The van der Waals surface area contributed by atoms with Crippen LogP contribution in [0.4, 0.5) is 0 Å². The standard InChI is InChI=1S/C8H11BrN2/c9-4-7-5-11(6-10-7)8-2-1-3-8/h5-6,8H,1-4H2. The Labute approximate surface area is 74.8 Å². The van der Waals surface area contributed by atoms with Crippen LogP contribution in [-0.2, 0) is 5.33 Å². The summed E-state index contributed by atoms with van der Waals surface area (Å²) < 4.78 is 2.24. The summed E-state index contributed by atoms with van der Waals surface area (Å²) in [4.78, 5) is 4.25. The van der Waals surface area contributed by atoms with Gasteiger partial charge in [0.2, 0.25) is 0 Å². The lowest BCUT2D eigenvalue weighted by molar-refractivity contribution is 0.313. The van der Waals surface area contributed by atoms with Crippen molar-refractivity contribution in [1.29, 1.82) is 0 Å². The average molecular weight is 215 g/mol. The van der Waals surface area contributed by atoms with Crippen LogP contribution in [0, 0.1) is 0 Å². The fraction of sp³-hybridized carbons (Fsp3) is 0.625. The van der Waals surface area contributed by atoms with Gasteiger partial charge in [0.25, 0.3) is 0 Å². The monoisotopic (exact) mass is 214 g/mol. The molecule has 0 unspecified atom stereocenters. The van der Waals surface area contributed by atoms with Gasteiger partial charge in [-0.2, -0.15) is 0 Å². The third kappa shape index (κ3) is 1.34. The van der Waals surface area contributed by atoms with Crippen molar-refractivity contribution in [2.75, 3.05) is 0 Å². The van der Waals surface area contributed by atoms with Crippen LogP contribution in [0.3, 0.4) is 0 Å². The predicted octanol–water partition coefficient (Wildman–Crippen LogP) is 2.50. The van der Waals surface area contributed by atoms with Crippen molar-refractivity contribution < 1.29 is 0 Å². The zero-order valence-electron chi connectivity index (χ0n) is 6.33. The van der Waals surface area contributed by atoms with E-state index in [0.717, 1.165) is 17.1 Å². The minimum Gasteiger partial charge on any atom is -0.334 e. The molecule has 0 amide bonds. The molecule has 0 N–H and O–H groups in total. The van der Waals surface area contributed by atoms with Crippen molar-refractivity contribution in [3.05, 3.63) is 18.2 Å². The predicted molar refractivity (Wildman–Crippen MR) is 47.7 cm³/mol. The highest BCUT2D eigenvalue weighted by molar-refractivity contribution is 9.08. The maximum atomic E-state index is 4.25. The molecule has 1 saturated carbocycles. The van der Waals surface area contributed by atoms with Crippen LogP contribution in [0.25, 0.3) is 0 Å². The molecule has 0 saturated heterocycles. The average Bonchev–Trinajstić information content (AvgIpc) is 2.32. The number of nitrogens with zero attached hydrogens (tertiary/aromatic N) is 2. The van der Waals surface area contributed by atoms with Crippen molar-refractivity contribution in [1.82, 2.24) is 9.55 Å². The van der Waals surface area contributed by atoms with Gasteiger partial charge in [-0.25, -0.2) is 4.98 Å². The van der Waals surface area contributed by atoms with E-state index in [1.165, 1.54) is 19.3 Å². The van der Waals surface area contributed by atoms with E-state index in [1.807, 2.05) is 6.33 Å². The quantitative estimate of drug-likeness (QED) is 0.693. The Morgan fingerprint density at radius 2 is 2.45 bits per heavy atom. The summed E-state index contributed by atoms with van der Waals surface area (Å²) in [5.41, 5.74) is 1.14. The summed E-state index contributed by atoms with van der Waals surface area (Å²) in [5.74, 6) is 0. The Morgan fingerprint density at radius 3 is 2.91 bits per heavy atom. The minimum absolute atomic E-state index is 0.746. The van der Waals surface area contributed by atoms with Gasteiger partial charge in [0.1, 0.15) is 0 Å². The summed E-state index contributed by atoms with van der Waals surface area (Å²) in [6, 6.07) is 0.746. The first-order valence-electron chi connectivity index (χ1n) is 3.98. The van der Waals surface area contributed by atoms with E-state index in [4.69, 9.17) is 0 Å². The Kier molecular flexibility index (Phi) is 1.98. The van der Waals surface area contributed by atoms with Crippen LogP contribution in [0.15, 0.2) is 12.5 Å². The molecule has 2 nitrogen and oxygen atoms in total. The molecule has 11 heavy (non-hydrogen) atoms. The second-order valence-corrected chi connectivity index (χ2v) is 3.59. The molecule has 1 aromatic heterocycles. The number of imidazole rings is 1. The third-order valence-electron chi connectivity index (χ3n) is 2.29. The Bertz CT molecular complexity index is 240. The van der Waals surface area contributed by atoms with Crippen LogP contribution >= 0.6 is 15.9 Å². The number of hydrogen-bond donors (Lipinski definition) is 0. The van der Waals surface area contributed by atoms with Crippen LogP contribution in [0.5, 0.6) is 0 Å². The van der Waals surface area contributed by atoms with E-state index in [9.17, 15) is 0 Å². The minimum atomic E-state index is 0.746. The number of hydrogen-bond acceptors (Lipinski definition) is 1. The van der Waals surface area contributed by atoms with Crippen molar-refractivity contribution >= 4 is 15.9 Å². The van der Waals surface area contributed by atoms with E-state index < -0.39 is 0 Å². The highest BCUT2D eigenvalue weighted by Crippen LogP contribution is 2.31. The van der Waals surface area contributed by atoms with Crippen molar-refractivity contribution in [3.63, 3.8) is 0 Å². The highest BCUT2D eigenvalue weighted by atomic mass is 79.9. The van der Waals surface area contributed by atoms with Gasteiger partial charge in [0.15, 0.2) is 0 Å². The van der Waals surface area contributed by atoms with E-state index in [-0.39, 0.29) is 0 Å². The van der Waals surface area contributed by atoms with E-state index in [0.29, 0.717) is 0 Å². The molecule has 1 aliphatic carbocycles. The van der Waals surface area contributed by atoms with Gasteiger partial charge in [-0.05, 0) is 19.3 Å². The molecule has 0 atom stereocenters. The number of aromatic nitrogens is 2. The Balaban J connectivity index is 2.11. The highest BCUT2D eigenvalue weighted by Gasteiger charge is 2.18. The Morgan fingerprint density at radius 1 is 1.64 bits per heavy atom. The molecule has 2 rings (SSSR count). The van der Waals surface area contributed by atoms with Crippen LogP contribution < -0.4 is 0 Å². The van der Waals surface area contributed by atoms with Crippen molar-refractivity contribution in [2.45, 2.75) is 30.6 Å². The molecule has 1 aliphatic rings. The van der Waals surface area contributed by atoms with Gasteiger partial charge in [-0.3, -0.25) is 0 Å². The molecular formula is C8H11BrN2. The van der Waals surface area contributed by atoms with Crippen LogP contribution in [-0.4, -0.2) is 9.55 Å². The summed E-state index contributed by atoms with van der Waals surface area (Å²) in [6.07, 6.45) is 8.13. The summed E-state index contributed by atoms with van der Waals surface area (Å²) in [5, 5.41) is 0.868. The smallest absolute Gasteiger partial charge is 0.0952 e. The van der Waals surface area contributed by atoms with E-state index in [1.54, 1.807) is 0 Å². The van der Waals surface area contributed by atoms with E-state index in [2.05, 4.69) is 31.7 Å². The molecule has 0 aliphatic heterocycles. The fourth-order valence-electron chi connectivity index (χ4n) is 1.33. The lowest BCUT2D eigenvalue weighted by Gasteiger charge is -2.26. The molecule has 0 aromatic carbocycles. The topological polar surface area (TPSA) is 17.8 Å². The zero-order chi connectivity index (χ0) is 7.68. The lowest BCUT2D eigenvalue weighted by Crippen LogP contribution is -2.14. The fourth-order valence-corrected chi connectivity index (χ4v) is 1.62. The second kappa shape index (κ2) is 2.97. The van der Waals surface area contributed by atoms with Gasteiger partial charge in [-0.1, -0.05) is 15.9 Å². The van der Waals surface area contributed by atoms with Gasteiger partial charge < -0.3 is 4.57 Å². The largest absolute Gasteiger partial charge is 0.334 e. The molecule has 0 spiro atoms. The maximum absolute atomic E-state index is 4.25. The molecule has 1 fully saturated rings. The summed E-state index contributed by atoms with van der Waals surface area (Å²) in [7, 11) is 0. The molecule has 0 radical (unpaired) electrons. The van der Waals surface area contributed by atoms with Crippen LogP contribution in [0.2, 0.25) is 0 Å². The first-order valence-corrected chi connectivity index (χ1v) is 5.10. The van der Waals surface area contributed by atoms with E-state index >= 15 is 0 Å². The summed E-state index contributed by atoms with van der Waals surface area (Å²) >= 11 is 3.38. The molecule has 1 aromatic rings. The van der Waals surface area contributed by atoms with Gasteiger partial charge in [0.05, 0.1) is 12.0 Å². The second-order valence-electron chi connectivity index (χ2n) is 3.03. The SMILES string of the molecule is BrCc1cn(C2CCC2)cn1. The number of halogens is 1. The molecule has 3 heteroatoms. The molecule has 60 valence electrons. The maximum Gasteiger partial charge on any atom is 0.0952 e. The first-order chi connectivity index (χ1) is 5.40. The van der Waals surface area contributed by atoms with Gasteiger partial charge in [-0.15, -0.1) is 0 Å².